The number of amides is 2. The average Bonchev–Trinajstić information content (AvgIpc) is 3.26. The van der Waals surface area contributed by atoms with Crippen LogP contribution in [0.2, 0.25) is 0 Å². The van der Waals surface area contributed by atoms with E-state index in [1.807, 2.05) is 48.5 Å². The van der Waals surface area contributed by atoms with Gasteiger partial charge in [-0.15, -0.1) is 0 Å². The summed E-state index contributed by atoms with van der Waals surface area (Å²) < 4.78 is 5.62. The molecule has 2 amide bonds. The number of nitrogens with zero attached hydrogens (tertiary/aromatic N) is 2. The summed E-state index contributed by atoms with van der Waals surface area (Å²) in [5, 5.41) is 2.86. The van der Waals surface area contributed by atoms with Gasteiger partial charge in [-0.05, 0) is 42.8 Å². The minimum Gasteiger partial charge on any atom is -0.441 e. The number of benzene rings is 2. The van der Waals surface area contributed by atoms with Crippen LogP contribution in [0, 0.1) is 0 Å². The van der Waals surface area contributed by atoms with Gasteiger partial charge >= 0.3 is 0 Å². The summed E-state index contributed by atoms with van der Waals surface area (Å²) >= 11 is 0. The molecule has 132 valence electrons. The van der Waals surface area contributed by atoms with Crippen LogP contribution < -0.4 is 10.2 Å². The molecule has 0 unspecified atom stereocenters. The second-order valence-electron chi connectivity index (χ2n) is 6.32. The Hall–Kier alpha value is -3.15. The Morgan fingerprint density at radius 1 is 1.15 bits per heavy atom. The Morgan fingerprint density at radius 2 is 1.96 bits per heavy atom. The number of aromatic nitrogens is 1. The summed E-state index contributed by atoms with van der Waals surface area (Å²) in [6.45, 7) is 0.759. The monoisotopic (exact) mass is 349 g/mol. The van der Waals surface area contributed by atoms with E-state index in [0.717, 1.165) is 29.8 Å². The van der Waals surface area contributed by atoms with Crippen LogP contribution in [0.3, 0.4) is 0 Å². The predicted octanol–water partition coefficient (Wildman–Crippen LogP) is 3.53. The summed E-state index contributed by atoms with van der Waals surface area (Å²) in [4.78, 5) is 30.1. The molecule has 2 aromatic carbocycles. The number of oxazole rings is 1. The molecule has 26 heavy (non-hydrogen) atoms. The molecule has 2 heterocycles. The number of fused-ring (bicyclic) bond motifs is 1. The van der Waals surface area contributed by atoms with Crippen molar-refractivity contribution in [3.05, 3.63) is 54.4 Å². The maximum atomic E-state index is 12.1. The Morgan fingerprint density at radius 3 is 2.69 bits per heavy atom. The van der Waals surface area contributed by atoms with Crippen molar-refractivity contribution in [3.8, 4) is 0 Å². The van der Waals surface area contributed by atoms with Gasteiger partial charge < -0.3 is 14.6 Å². The lowest BCUT2D eigenvalue weighted by molar-refractivity contribution is -0.117. The SMILES string of the molecule is O=C(CCc1nc2ccccc2o1)Nc1ccc(N2CCCC2=O)cc1. The average molecular weight is 349 g/mol. The van der Waals surface area contributed by atoms with Gasteiger partial charge in [0.05, 0.1) is 0 Å². The van der Waals surface area contributed by atoms with E-state index in [0.29, 0.717) is 30.8 Å². The molecule has 1 saturated heterocycles. The van der Waals surface area contributed by atoms with Gasteiger partial charge in [0.1, 0.15) is 5.52 Å². The van der Waals surface area contributed by atoms with Gasteiger partial charge in [0.25, 0.3) is 0 Å². The van der Waals surface area contributed by atoms with Crippen molar-refractivity contribution in [2.75, 3.05) is 16.8 Å². The van der Waals surface area contributed by atoms with Gasteiger partial charge in [0.2, 0.25) is 11.8 Å². The van der Waals surface area contributed by atoms with Crippen molar-refractivity contribution in [3.63, 3.8) is 0 Å². The van der Waals surface area contributed by atoms with E-state index in [-0.39, 0.29) is 11.8 Å². The Balaban J connectivity index is 1.33. The standard InChI is InChI=1S/C20H19N3O3/c24-18(11-12-19-22-16-4-1-2-5-17(16)26-19)21-14-7-9-15(10-8-14)23-13-3-6-20(23)25/h1-2,4-5,7-10H,3,6,11-13H2,(H,21,24). The second kappa shape index (κ2) is 7.00. The molecule has 0 spiro atoms. The number of nitrogens with one attached hydrogen (secondary N) is 1. The molecule has 0 saturated carbocycles. The zero-order valence-corrected chi connectivity index (χ0v) is 14.3. The van der Waals surface area contributed by atoms with Gasteiger partial charge in [-0.25, -0.2) is 4.98 Å². The first-order valence-electron chi connectivity index (χ1n) is 8.74. The molecule has 4 rings (SSSR count). The number of anilines is 2. The lowest BCUT2D eigenvalue weighted by Gasteiger charge is -2.16. The fraction of sp³-hybridized carbons (Fsp3) is 0.250. The summed E-state index contributed by atoms with van der Waals surface area (Å²) in [6, 6.07) is 14.9. The largest absolute Gasteiger partial charge is 0.441 e. The quantitative estimate of drug-likeness (QED) is 0.765. The van der Waals surface area contributed by atoms with Crippen molar-refractivity contribution < 1.29 is 14.0 Å². The molecule has 1 fully saturated rings. The van der Waals surface area contributed by atoms with Crippen molar-refractivity contribution in [2.45, 2.75) is 25.7 Å². The lowest BCUT2D eigenvalue weighted by atomic mass is 10.2. The predicted molar refractivity (Wildman–Crippen MR) is 99.0 cm³/mol. The molecule has 6 heteroatoms. The van der Waals surface area contributed by atoms with E-state index in [4.69, 9.17) is 4.42 Å². The number of carbonyl (C=O) groups excluding carboxylic acids is 2. The van der Waals surface area contributed by atoms with Gasteiger partial charge in [0, 0.05) is 37.2 Å². The van der Waals surface area contributed by atoms with Crippen molar-refractivity contribution in [1.82, 2.24) is 4.98 Å². The molecule has 0 atom stereocenters. The van der Waals surface area contributed by atoms with Crippen LogP contribution in [0.25, 0.3) is 11.1 Å². The molecule has 1 aliphatic rings. The lowest BCUT2D eigenvalue weighted by Crippen LogP contribution is -2.23. The first-order valence-corrected chi connectivity index (χ1v) is 8.74. The highest BCUT2D eigenvalue weighted by atomic mass is 16.3. The number of rotatable bonds is 5. The summed E-state index contributed by atoms with van der Waals surface area (Å²) in [5.74, 6) is 0.613. The molecule has 1 aromatic heterocycles. The number of hydrogen-bond acceptors (Lipinski definition) is 4. The summed E-state index contributed by atoms with van der Waals surface area (Å²) in [5.41, 5.74) is 3.12. The number of para-hydroxylation sites is 2. The molecule has 0 bridgehead atoms. The highest BCUT2D eigenvalue weighted by Crippen LogP contribution is 2.23. The van der Waals surface area contributed by atoms with E-state index >= 15 is 0 Å². The minimum atomic E-state index is -0.0998. The molecule has 0 aliphatic carbocycles. The molecular formula is C20H19N3O3. The maximum Gasteiger partial charge on any atom is 0.227 e. The van der Waals surface area contributed by atoms with Crippen LogP contribution in [0.1, 0.15) is 25.2 Å². The number of aryl methyl sites for hydroxylation is 1. The Kier molecular flexibility index (Phi) is 4.39. The van der Waals surface area contributed by atoms with Gasteiger partial charge in [0.15, 0.2) is 11.5 Å². The molecule has 3 aromatic rings. The van der Waals surface area contributed by atoms with Crippen molar-refractivity contribution in [2.24, 2.45) is 0 Å². The van der Waals surface area contributed by atoms with Crippen LogP contribution in [0.4, 0.5) is 11.4 Å². The van der Waals surface area contributed by atoms with E-state index in [1.54, 1.807) is 4.90 Å². The molecule has 0 radical (unpaired) electrons. The first-order chi connectivity index (χ1) is 12.7. The van der Waals surface area contributed by atoms with Gasteiger partial charge in [-0.3, -0.25) is 9.59 Å². The fourth-order valence-electron chi connectivity index (χ4n) is 3.12. The second-order valence-corrected chi connectivity index (χ2v) is 6.32. The van der Waals surface area contributed by atoms with Crippen molar-refractivity contribution >= 4 is 34.3 Å². The normalized spacial score (nSPS) is 14.2. The zero-order valence-electron chi connectivity index (χ0n) is 14.3. The molecule has 1 aliphatic heterocycles. The highest BCUT2D eigenvalue weighted by Gasteiger charge is 2.21. The van der Waals surface area contributed by atoms with Crippen LogP contribution in [0.15, 0.2) is 52.9 Å². The van der Waals surface area contributed by atoms with Crippen LogP contribution in [0.5, 0.6) is 0 Å². The van der Waals surface area contributed by atoms with Gasteiger partial charge in [-0.2, -0.15) is 0 Å². The van der Waals surface area contributed by atoms with Crippen LogP contribution >= 0.6 is 0 Å². The topological polar surface area (TPSA) is 75.4 Å². The first kappa shape index (κ1) is 16.3. The molecule has 6 nitrogen and oxygen atoms in total. The smallest absolute Gasteiger partial charge is 0.227 e. The van der Waals surface area contributed by atoms with E-state index < -0.39 is 0 Å². The van der Waals surface area contributed by atoms with Crippen LogP contribution in [-0.2, 0) is 16.0 Å². The van der Waals surface area contributed by atoms with Crippen LogP contribution in [-0.4, -0.2) is 23.3 Å². The van der Waals surface area contributed by atoms with E-state index in [2.05, 4.69) is 10.3 Å². The third kappa shape index (κ3) is 3.44. The highest BCUT2D eigenvalue weighted by molar-refractivity contribution is 5.96. The van der Waals surface area contributed by atoms with Crippen molar-refractivity contribution in [1.29, 1.82) is 0 Å². The van der Waals surface area contributed by atoms with E-state index in [1.165, 1.54) is 0 Å². The third-order valence-corrected chi connectivity index (χ3v) is 4.44. The Labute approximate surface area is 150 Å². The fourth-order valence-corrected chi connectivity index (χ4v) is 3.12. The summed E-state index contributed by atoms with van der Waals surface area (Å²) in [7, 11) is 0. The molecule has 1 N–H and O–H groups in total. The maximum absolute atomic E-state index is 12.1. The molecular weight excluding hydrogens is 330 g/mol. The summed E-state index contributed by atoms with van der Waals surface area (Å²) in [6.07, 6.45) is 2.24. The zero-order chi connectivity index (χ0) is 17.9. The third-order valence-electron chi connectivity index (χ3n) is 4.44. The van der Waals surface area contributed by atoms with E-state index in [9.17, 15) is 9.59 Å². The van der Waals surface area contributed by atoms with Gasteiger partial charge in [-0.1, -0.05) is 12.1 Å². The minimum absolute atomic E-state index is 0.0998. The number of carbonyl (C=O) groups is 2. The Bertz CT molecular complexity index is 913. The number of hydrogen-bond donors (Lipinski definition) is 1.